The van der Waals surface area contributed by atoms with Gasteiger partial charge < -0.3 is 4.74 Å². The molecular weight excluding hydrogens is 427 g/mol. The molecule has 1 nitrogen and oxygen atoms in total. The summed E-state index contributed by atoms with van der Waals surface area (Å²) in [6, 6.07) is 19.5. The van der Waals surface area contributed by atoms with Crippen molar-refractivity contribution in [1.29, 1.82) is 0 Å². The maximum absolute atomic E-state index is 5.58. The molecule has 0 bridgehead atoms. The van der Waals surface area contributed by atoms with Gasteiger partial charge in [-0.15, -0.1) is 0 Å². The van der Waals surface area contributed by atoms with Crippen molar-refractivity contribution in [3.8, 4) is 11.5 Å². The number of hydrogen-bond donors (Lipinski definition) is 0. The number of halogens is 3. The predicted octanol–water partition coefficient (Wildman–Crippen LogP) is 5.63. The summed E-state index contributed by atoms with van der Waals surface area (Å²) in [5, 5.41) is 0. The highest BCUT2D eigenvalue weighted by Gasteiger charge is 1.95. The number of hydrogen-bond acceptors (Lipinski definition) is 1. The minimum Gasteiger partial charge on any atom is -0.457 e. The Kier molecular flexibility index (Phi) is 8.25. The summed E-state index contributed by atoms with van der Waals surface area (Å²) in [6.45, 7) is 0. The van der Waals surface area contributed by atoms with Crippen LogP contribution in [-0.4, -0.2) is 8.67 Å². The Labute approximate surface area is 127 Å². The zero-order valence-electron chi connectivity index (χ0n) is 8.89. The fraction of sp³-hybridized carbons (Fsp3) is 0. The number of para-hydroxylation sites is 2. The molecular formula is C12H10AlBr3O. The van der Waals surface area contributed by atoms with Crippen LogP contribution in [0.4, 0.5) is 0 Å². The Morgan fingerprint density at radius 1 is 0.647 bits per heavy atom. The lowest BCUT2D eigenvalue weighted by Crippen LogP contribution is -1.81. The molecule has 0 saturated carbocycles. The van der Waals surface area contributed by atoms with E-state index in [1.807, 2.05) is 60.7 Å². The standard InChI is InChI=1S/C12H10O.Al.3BrH/c1-3-7-11(8-4-1)13-12-9-5-2-6-10-12;;;;/h1-10H;;3*1H/q;+3;;;/p-3. The fourth-order valence-corrected chi connectivity index (χ4v) is 1.11. The van der Waals surface area contributed by atoms with Crippen LogP contribution in [0.5, 0.6) is 11.5 Å². The third kappa shape index (κ3) is 8.02. The van der Waals surface area contributed by atoms with Crippen molar-refractivity contribution in [2.24, 2.45) is 0 Å². The second-order valence-electron chi connectivity index (χ2n) is 2.98. The SMILES string of the molecule is [Br][Al]([Br])[Br].c1ccc(Oc2ccccc2)cc1. The van der Waals surface area contributed by atoms with Crippen LogP contribution in [0.3, 0.4) is 0 Å². The molecule has 0 N–H and O–H groups in total. The fourth-order valence-electron chi connectivity index (χ4n) is 1.11. The molecule has 17 heavy (non-hydrogen) atoms. The number of benzene rings is 2. The molecule has 88 valence electrons. The molecule has 5 heteroatoms. The van der Waals surface area contributed by atoms with Crippen molar-refractivity contribution >= 4 is 50.8 Å². The maximum atomic E-state index is 5.58. The van der Waals surface area contributed by atoms with E-state index < -0.39 is 8.67 Å². The Balaban J connectivity index is 0.000000317. The van der Waals surface area contributed by atoms with Gasteiger partial charge in [0, 0.05) is 0 Å². The summed E-state index contributed by atoms with van der Waals surface area (Å²) < 4.78 is 5.58. The molecule has 2 aromatic rings. The molecule has 0 aliphatic carbocycles. The molecule has 0 saturated heterocycles. The predicted molar refractivity (Wildman–Crippen MR) is 85.5 cm³/mol. The average Bonchev–Trinajstić information content (AvgIpc) is 2.31. The van der Waals surface area contributed by atoms with E-state index in [0.717, 1.165) is 11.5 Å². The van der Waals surface area contributed by atoms with Gasteiger partial charge in [-0.25, -0.2) is 0 Å². The first kappa shape index (κ1) is 15.3. The van der Waals surface area contributed by atoms with Crippen molar-refractivity contribution in [1.82, 2.24) is 0 Å². The van der Waals surface area contributed by atoms with Crippen molar-refractivity contribution in [3.05, 3.63) is 60.7 Å². The van der Waals surface area contributed by atoms with Gasteiger partial charge in [0.25, 0.3) is 0 Å². The Morgan fingerprint density at radius 2 is 0.941 bits per heavy atom. The van der Waals surface area contributed by atoms with Gasteiger partial charge in [0.15, 0.2) is 0 Å². The second kappa shape index (κ2) is 9.18. The van der Waals surface area contributed by atoms with Gasteiger partial charge >= 0.3 is 8.67 Å². The van der Waals surface area contributed by atoms with Crippen LogP contribution in [0.15, 0.2) is 60.7 Å². The lowest BCUT2D eigenvalue weighted by molar-refractivity contribution is 0.482. The minimum absolute atomic E-state index is 0.701. The summed E-state index contributed by atoms with van der Waals surface area (Å²) in [4.78, 5) is 0. The van der Waals surface area contributed by atoms with Crippen LogP contribution < -0.4 is 4.74 Å². The molecule has 0 atom stereocenters. The van der Waals surface area contributed by atoms with Crippen molar-refractivity contribution in [3.63, 3.8) is 0 Å². The first-order chi connectivity index (χ1) is 8.18. The Bertz CT molecular complexity index is 368. The van der Waals surface area contributed by atoms with Crippen LogP contribution in [0, 0.1) is 0 Å². The van der Waals surface area contributed by atoms with Gasteiger partial charge in [0.1, 0.15) is 11.5 Å². The second-order valence-corrected chi connectivity index (χ2v) is 22.8. The third-order valence-electron chi connectivity index (χ3n) is 1.72. The molecule has 0 radical (unpaired) electrons. The van der Waals surface area contributed by atoms with E-state index in [4.69, 9.17) is 4.74 Å². The van der Waals surface area contributed by atoms with Crippen LogP contribution >= 0.6 is 42.2 Å². The molecule has 0 aliphatic rings. The van der Waals surface area contributed by atoms with E-state index in [9.17, 15) is 0 Å². The smallest absolute Gasteiger partial charge is 0.457 e. The zero-order chi connectivity index (χ0) is 12.5. The van der Waals surface area contributed by atoms with Crippen molar-refractivity contribution in [2.45, 2.75) is 0 Å². The zero-order valence-corrected chi connectivity index (χ0v) is 14.8. The monoisotopic (exact) mass is 434 g/mol. The molecule has 2 aromatic carbocycles. The van der Waals surface area contributed by atoms with E-state index in [2.05, 4.69) is 42.2 Å². The minimum atomic E-state index is -0.701. The molecule has 0 aromatic heterocycles. The summed E-state index contributed by atoms with van der Waals surface area (Å²) in [5.41, 5.74) is 0. The Morgan fingerprint density at radius 3 is 1.24 bits per heavy atom. The van der Waals surface area contributed by atoms with Gasteiger partial charge in [-0.1, -0.05) is 36.4 Å². The van der Waals surface area contributed by atoms with Crippen LogP contribution in [-0.2, 0) is 0 Å². The summed E-state index contributed by atoms with van der Waals surface area (Å²) in [6.07, 6.45) is 0. The van der Waals surface area contributed by atoms with Crippen LogP contribution in [0.1, 0.15) is 0 Å². The molecule has 0 amide bonds. The Hall–Kier alpha value is 0.212. The van der Waals surface area contributed by atoms with Gasteiger partial charge in [-0.2, -0.15) is 42.2 Å². The number of rotatable bonds is 2. The maximum Gasteiger partial charge on any atom is 0.542 e. The van der Waals surface area contributed by atoms with Gasteiger partial charge in [0.05, 0.1) is 0 Å². The van der Waals surface area contributed by atoms with Gasteiger partial charge in [-0.05, 0) is 24.3 Å². The van der Waals surface area contributed by atoms with E-state index >= 15 is 0 Å². The van der Waals surface area contributed by atoms with Gasteiger partial charge in [0.2, 0.25) is 0 Å². The highest BCUT2D eigenvalue weighted by atomic mass is 80.0. The van der Waals surface area contributed by atoms with E-state index in [-0.39, 0.29) is 0 Å². The average molecular weight is 437 g/mol. The first-order valence-electron chi connectivity index (χ1n) is 4.88. The normalized spacial score (nSPS) is 8.88. The topological polar surface area (TPSA) is 9.23 Å². The van der Waals surface area contributed by atoms with Crippen molar-refractivity contribution < 1.29 is 4.74 Å². The molecule has 2 rings (SSSR count). The van der Waals surface area contributed by atoms with Crippen LogP contribution in [0.25, 0.3) is 0 Å². The van der Waals surface area contributed by atoms with Gasteiger partial charge in [-0.3, -0.25) is 0 Å². The first-order valence-corrected chi connectivity index (χ1v) is 14.4. The highest BCUT2D eigenvalue weighted by molar-refractivity contribution is 9.69. The van der Waals surface area contributed by atoms with E-state index in [1.165, 1.54) is 0 Å². The molecule has 0 spiro atoms. The van der Waals surface area contributed by atoms with E-state index in [0.29, 0.717) is 0 Å². The third-order valence-corrected chi connectivity index (χ3v) is 1.72. The summed E-state index contributed by atoms with van der Waals surface area (Å²) >= 11 is 9.73. The van der Waals surface area contributed by atoms with Crippen molar-refractivity contribution in [2.75, 3.05) is 0 Å². The quantitative estimate of drug-likeness (QED) is 0.554. The molecule has 0 aliphatic heterocycles. The molecule has 0 heterocycles. The largest absolute Gasteiger partial charge is 0.542 e. The molecule has 0 fully saturated rings. The van der Waals surface area contributed by atoms with Crippen LogP contribution in [0.2, 0.25) is 0 Å². The lowest BCUT2D eigenvalue weighted by Gasteiger charge is -2.03. The molecule has 0 unspecified atom stereocenters. The number of ether oxygens (including phenoxy) is 1. The van der Waals surface area contributed by atoms with E-state index in [1.54, 1.807) is 0 Å². The highest BCUT2D eigenvalue weighted by Crippen LogP contribution is 2.19. The summed E-state index contributed by atoms with van der Waals surface area (Å²) in [7, 11) is -0.701. The lowest BCUT2D eigenvalue weighted by atomic mass is 10.3. The summed E-state index contributed by atoms with van der Waals surface area (Å²) in [5.74, 6) is 1.74.